The van der Waals surface area contributed by atoms with E-state index in [1.165, 1.54) is 0 Å². The van der Waals surface area contributed by atoms with Gasteiger partial charge in [0.25, 0.3) is 0 Å². The van der Waals surface area contributed by atoms with E-state index in [1.807, 2.05) is 18.2 Å². The van der Waals surface area contributed by atoms with Crippen molar-refractivity contribution in [2.24, 2.45) is 5.92 Å². The number of benzene rings is 1. The minimum absolute atomic E-state index is 0.293. The normalized spacial score (nSPS) is 19.1. The molecule has 1 unspecified atom stereocenters. The van der Waals surface area contributed by atoms with E-state index in [1.54, 1.807) is 11.8 Å². The lowest BCUT2D eigenvalue weighted by molar-refractivity contribution is -0.141. The quantitative estimate of drug-likeness (QED) is 0.915. The summed E-state index contributed by atoms with van der Waals surface area (Å²) in [6.45, 7) is 1.79. The molecule has 1 aliphatic rings. The summed E-state index contributed by atoms with van der Waals surface area (Å²) in [5.74, 6) is -1.01. The summed E-state index contributed by atoms with van der Waals surface area (Å²) in [6.07, 6.45) is 1.64. The van der Waals surface area contributed by atoms with Gasteiger partial charge in [0.1, 0.15) is 12.2 Å². The van der Waals surface area contributed by atoms with Crippen LogP contribution in [0.5, 0.6) is 0 Å². The summed E-state index contributed by atoms with van der Waals surface area (Å²) in [7, 11) is 1.61. The van der Waals surface area contributed by atoms with E-state index in [-0.39, 0.29) is 5.92 Å². The molecular weight excluding hydrogens is 272 g/mol. The van der Waals surface area contributed by atoms with Gasteiger partial charge in [-0.3, -0.25) is 4.79 Å². The lowest BCUT2D eigenvalue weighted by Crippen LogP contribution is -2.38. The van der Waals surface area contributed by atoms with Crippen molar-refractivity contribution in [3.05, 3.63) is 18.2 Å². The molecule has 7 heteroatoms. The third-order valence-corrected chi connectivity index (χ3v) is 3.88. The van der Waals surface area contributed by atoms with Crippen LogP contribution in [-0.4, -0.2) is 46.3 Å². The summed E-state index contributed by atoms with van der Waals surface area (Å²) >= 11 is 0. The van der Waals surface area contributed by atoms with Crippen LogP contribution in [0.25, 0.3) is 11.0 Å². The van der Waals surface area contributed by atoms with Gasteiger partial charge in [-0.05, 0) is 31.0 Å². The van der Waals surface area contributed by atoms with Gasteiger partial charge in [0.2, 0.25) is 0 Å². The van der Waals surface area contributed by atoms with Gasteiger partial charge in [0, 0.05) is 25.9 Å². The summed E-state index contributed by atoms with van der Waals surface area (Å²) in [4.78, 5) is 13.3. The van der Waals surface area contributed by atoms with E-state index in [0.29, 0.717) is 13.3 Å². The molecule has 2 aromatic rings. The topological polar surface area (TPSA) is 80.5 Å². The number of anilines is 1. The lowest BCUT2D eigenvalue weighted by atomic mass is 9.98. The maximum absolute atomic E-state index is 11.2. The number of aliphatic carboxylic acids is 1. The number of piperidine rings is 1. The van der Waals surface area contributed by atoms with Crippen LogP contribution < -0.4 is 4.90 Å². The minimum atomic E-state index is -0.716. The van der Waals surface area contributed by atoms with Crippen LogP contribution in [0.1, 0.15) is 12.8 Å². The second kappa shape index (κ2) is 5.69. The van der Waals surface area contributed by atoms with Crippen molar-refractivity contribution in [2.45, 2.75) is 19.6 Å². The van der Waals surface area contributed by atoms with E-state index in [4.69, 9.17) is 4.74 Å². The molecule has 1 atom stereocenters. The predicted octanol–water partition coefficient (Wildman–Crippen LogP) is 1.34. The Hall–Kier alpha value is -2.15. The lowest BCUT2D eigenvalue weighted by Gasteiger charge is -2.32. The van der Waals surface area contributed by atoms with Crippen LogP contribution in [0.15, 0.2) is 18.2 Å². The molecule has 1 aliphatic heterocycles. The van der Waals surface area contributed by atoms with Crippen LogP contribution in [0, 0.1) is 5.92 Å². The van der Waals surface area contributed by atoms with Gasteiger partial charge in [-0.25, -0.2) is 4.68 Å². The Morgan fingerprint density at radius 2 is 2.38 bits per heavy atom. The molecule has 1 saturated heterocycles. The molecule has 0 spiro atoms. The molecule has 1 N–H and O–H groups in total. The molecule has 2 heterocycles. The van der Waals surface area contributed by atoms with Crippen molar-refractivity contribution < 1.29 is 14.6 Å². The first-order valence-corrected chi connectivity index (χ1v) is 6.99. The molecule has 1 aromatic heterocycles. The molecule has 0 aliphatic carbocycles. The highest BCUT2D eigenvalue weighted by molar-refractivity contribution is 5.79. The standard InChI is InChI=1S/C14H18N4O3/c1-21-9-18-13-5-4-11(7-12(13)15-16-18)17-6-2-3-10(8-17)14(19)20/h4-5,7,10H,2-3,6,8-9H2,1H3,(H,19,20). The van der Waals surface area contributed by atoms with Crippen LogP contribution in [-0.2, 0) is 16.3 Å². The monoisotopic (exact) mass is 290 g/mol. The highest BCUT2D eigenvalue weighted by Gasteiger charge is 2.25. The van der Waals surface area contributed by atoms with Gasteiger partial charge in [-0.2, -0.15) is 0 Å². The van der Waals surface area contributed by atoms with Crippen molar-refractivity contribution in [2.75, 3.05) is 25.1 Å². The van der Waals surface area contributed by atoms with E-state index in [9.17, 15) is 9.90 Å². The average Bonchev–Trinajstić information content (AvgIpc) is 2.90. The van der Waals surface area contributed by atoms with Gasteiger partial charge >= 0.3 is 5.97 Å². The van der Waals surface area contributed by atoms with E-state index in [2.05, 4.69) is 15.2 Å². The van der Waals surface area contributed by atoms with Crippen molar-refractivity contribution in [1.29, 1.82) is 0 Å². The number of carboxylic acid groups (broad SMARTS) is 1. The van der Waals surface area contributed by atoms with Crippen molar-refractivity contribution in [3.8, 4) is 0 Å². The predicted molar refractivity (Wildman–Crippen MR) is 77.1 cm³/mol. The molecule has 0 saturated carbocycles. The van der Waals surface area contributed by atoms with E-state index >= 15 is 0 Å². The summed E-state index contributed by atoms with van der Waals surface area (Å²) in [5, 5.41) is 17.4. The molecular formula is C14H18N4O3. The number of nitrogens with zero attached hydrogens (tertiary/aromatic N) is 4. The maximum Gasteiger partial charge on any atom is 0.308 e. The first-order chi connectivity index (χ1) is 10.2. The van der Waals surface area contributed by atoms with Gasteiger partial charge in [0.15, 0.2) is 0 Å². The summed E-state index contributed by atoms with van der Waals surface area (Å²) < 4.78 is 6.76. The van der Waals surface area contributed by atoms with Gasteiger partial charge in [-0.15, -0.1) is 5.10 Å². The number of hydrogen-bond acceptors (Lipinski definition) is 5. The first-order valence-electron chi connectivity index (χ1n) is 6.99. The average molecular weight is 290 g/mol. The Labute approximate surface area is 122 Å². The van der Waals surface area contributed by atoms with E-state index in [0.717, 1.165) is 36.1 Å². The number of ether oxygens (including phenoxy) is 1. The molecule has 1 fully saturated rings. The molecule has 1 aromatic carbocycles. The minimum Gasteiger partial charge on any atom is -0.481 e. The second-order valence-electron chi connectivity index (χ2n) is 5.30. The summed E-state index contributed by atoms with van der Waals surface area (Å²) in [5.41, 5.74) is 2.70. The van der Waals surface area contributed by atoms with Crippen LogP contribution in [0.3, 0.4) is 0 Å². The number of aromatic nitrogens is 3. The van der Waals surface area contributed by atoms with Crippen LogP contribution in [0.2, 0.25) is 0 Å². The second-order valence-corrected chi connectivity index (χ2v) is 5.30. The highest BCUT2D eigenvalue weighted by Crippen LogP contribution is 2.26. The Balaban J connectivity index is 1.85. The molecule has 3 rings (SSSR count). The zero-order valence-corrected chi connectivity index (χ0v) is 11.9. The van der Waals surface area contributed by atoms with Crippen molar-refractivity contribution in [1.82, 2.24) is 15.0 Å². The number of fused-ring (bicyclic) bond motifs is 1. The molecule has 0 amide bonds. The van der Waals surface area contributed by atoms with E-state index < -0.39 is 5.97 Å². The molecule has 0 radical (unpaired) electrons. The maximum atomic E-state index is 11.2. The Morgan fingerprint density at radius 3 is 3.14 bits per heavy atom. The Bertz CT molecular complexity index is 655. The number of carbonyl (C=O) groups is 1. The van der Waals surface area contributed by atoms with Crippen LogP contribution in [0.4, 0.5) is 5.69 Å². The zero-order chi connectivity index (χ0) is 14.8. The fraction of sp³-hybridized carbons (Fsp3) is 0.500. The molecule has 112 valence electrons. The summed E-state index contributed by atoms with van der Waals surface area (Å²) in [6, 6.07) is 5.90. The fourth-order valence-corrected chi connectivity index (χ4v) is 2.79. The SMILES string of the molecule is COCn1nnc2cc(N3CCCC(C(=O)O)C3)ccc21. The number of carboxylic acids is 1. The van der Waals surface area contributed by atoms with Crippen molar-refractivity contribution in [3.63, 3.8) is 0 Å². The largest absolute Gasteiger partial charge is 0.481 e. The fourth-order valence-electron chi connectivity index (χ4n) is 2.79. The smallest absolute Gasteiger partial charge is 0.308 e. The molecule has 0 bridgehead atoms. The number of rotatable bonds is 4. The van der Waals surface area contributed by atoms with Gasteiger partial charge < -0.3 is 14.7 Å². The Kier molecular flexibility index (Phi) is 3.74. The van der Waals surface area contributed by atoms with Crippen LogP contribution >= 0.6 is 0 Å². The zero-order valence-electron chi connectivity index (χ0n) is 11.9. The molecule has 7 nitrogen and oxygen atoms in total. The molecule has 21 heavy (non-hydrogen) atoms. The van der Waals surface area contributed by atoms with Crippen molar-refractivity contribution >= 4 is 22.7 Å². The third kappa shape index (κ3) is 2.69. The van der Waals surface area contributed by atoms with Gasteiger partial charge in [-0.1, -0.05) is 5.21 Å². The first kappa shape index (κ1) is 13.8. The Morgan fingerprint density at radius 1 is 1.52 bits per heavy atom. The number of hydrogen-bond donors (Lipinski definition) is 1. The third-order valence-electron chi connectivity index (χ3n) is 3.88. The number of methoxy groups -OCH3 is 1. The van der Waals surface area contributed by atoms with Gasteiger partial charge in [0.05, 0.1) is 11.4 Å². The highest BCUT2D eigenvalue weighted by atomic mass is 16.5.